The lowest BCUT2D eigenvalue weighted by Crippen LogP contribution is -2.31. The zero-order valence-electron chi connectivity index (χ0n) is 9.38. The van der Waals surface area contributed by atoms with Crippen molar-refractivity contribution in [3.63, 3.8) is 0 Å². The minimum Gasteiger partial charge on any atom is -0.494 e. The number of ether oxygens (including phenoxy) is 1. The van der Waals surface area contributed by atoms with Gasteiger partial charge in [-0.05, 0) is 17.7 Å². The molecule has 0 spiro atoms. The van der Waals surface area contributed by atoms with Crippen LogP contribution in [-0.2, 0) is 0 Å². The SMILES string of the molecule is COc1ccc(C(C#N)NCC(F)(F)F)cc1F. The van der Waals surface area contributed by atoms with Gasteiger partial charge in [0, 0.05) is 0 Å². The maximum absolute atomic E-state index is 13.3. The third-order valence-electron chi connectivity index (χ3n) is 2.14. The summed E-state index contributed by atoms with van der Waals surface area (Å²) >= 11 is 0. The molecule has 0 aromatic heterocycles. The number of nitrogens with one attached hydrogen (secondary N) is 1. The van der Waals surface area contributed by atoms with Gasteiger partial charge in [-0.1, -0.05) is 6.07 Å². The van der Waals surface area contributed by atoms with E-state index in [1.165, 1.54) is 19.2 Å². The van der Waals surface area contributed by atoms with Crippen molar-refractivity contribution in [2.45, 2.75) is 12.2 Å². The molecule has 7 heteroatoms. The smallest absolute Gasteiger partial charge is 0.401 e. The first-order chi connectivity index (χ1) is 8.37. The van der Waals surface area contributed by atoms with Crippen molar-refractivity contribution in [1.29, 1.82) is 5.26 Å². The van der Waals surface area contributed by atoms with Crippen LogP contribution in [0.2, 0.25) is 0 Å². The molecule has 1 atom stereocenters. The minimum atomic E-state index is -4.43. The predicted octanol–water partition coefficient (Wildman–Crippen LogP) is 2.55. The Labute approximate surface area is 101 Å². The van der Waals surface area contributed by atoms with Crippen LogP contribution in [0.4, 0.5) is 17.6 Å². The Kier molecular flexibility index (Phi) is 4.50. The Morgan fingerprint density at radius 1 is 1.44 bits per heavy atom. The van der Waals surface area contributed by atoms with Crippen LogP contribution in [0, 0.1) is 17.1 Å². The van der Waals surface area contributed by atoms with Gasteiger partial charge in [0.2, 0.25) is 0 Å². The summed E-state index contributed by atoms with van der Waals surface area (Å²) in [7, 11) is 1.27. The third-order valence-corrected chi connectivity index (χ3v) is 2.14. The second kappa shape index (κ2) is 5.69. The highest BCUT2D eigenvalue weighted by atomic mass is 19.4. The summed E-state index contributed by atoms with van der Waals surface area (Å²) in [5.41, 5.74) is 0.111. The van der Waals surface area contributed by atoms with Gasteiger partial charge < -0.3 is 4.74 Å². The van der Waals surface area contributed by atoms with E-state index in [0.29, 0.717) is 0 Å². The van der Waals surface area contributed by atoms with Crippen LogP contribution in [0.5, 0.6) is 5.75 Å². The number of alkyl halides is 3. The molecule has 0 saturated heterocycles. The first kappa shape index (κ1) is 14.3. The third kappa shape index (κ3) is 3.89. The summed E-state index contributed by atoms with van der Waals surface area (Å²) in [5, 5.41) is 10.8. The van der Waals surface area contributed by atoms with Crippen LogP contribution in [-0.4, -0.2) is 19.8 Å². The van der Waals surface area contributed by atoms with Gasteiger partial charge in [0.1, 0.15) is 6.04 Å². The molecule has 3 nitrogen and oxygen atoms in total. The molecule has 0 heterocycles. The fraction of sp³-hybridized carbons (Fsp3) is 0.364. The molecular formula is C11H10F4N2O. The molecular weight excluding hydrogens is 252 g/mol. The van der Waals surface area contributed by atoms with Crippen LogP contribution in [0.1, 0.15) is 11.6 Å². The standard InChI is InChI=1S/C11H10F4N2O/c1-18-10-3-2-7(4-8(10)12)9(5-16)17-6-11(13,14)15/h2-4,9,17H,6H2,1H3. The van der Waals surface area contributed by atoms with E-state index < -0.39 is 24.6 Å². The topological polar surface area (TPSA) is 45.0 Å². The Morgan fingerprint density at radius 3 is 2.56 bits per heavy atom. The highest BCUT2D eigenvalue weighted by Gasteiger charge is 2.28. The lowest BCUT2D eigenvalue weighted by atomic mass is 10.1. The van der Waals surface area contributed by atoms with Gasteiger partial charge in [-0.15, -0.1) is 0 Å². The van der Waals surface area contributed by atoms with Gasteiger partial charge in [0.05, 0.1) is 19.7 Å². The summed E-state index contributed by atoms with van der Waals surface area (Å²) in [5.74, 6) is -0.768. The molecule has 1 aromatic carbocycles. The van der Waals surface area contributed by atoms with Crippen molar-refractivity contribution >= 4 is 0 Å². The number of nitriles is 1. The van der Waals surface area contributed by atoms with E-state index in [4.69, 9.17) is 5.26 Å². The van der Waals surface area contributed by atoms with Crippen molar-refractivity contribution in [2.75, 3.05) is 13.7 Å². The second-order valence-electron chi connectivity index (χ2n) is 3.45. The number of hydrogen-bond donors (Lipinski definition) is 1. The van der Waals surface area contributed by atoms with Crippen molar-refractivity contribution in [2.24, 2.45) is 0 Å². The molecule has 98 valence electrons. The van der Waals surface area contributed by atoms with E-state index in [2.05, 4.69) is 4.74 Å². The molecule has 1 aromatic rings. The van der Waals surface area contributed by atoms with Crippen LogP contribution in [0.15, 0.2) is 18.2 Å². The molecule has 18 heavy (non-hydrogen) atoms. The fourth-order valence-electron chi connectivity index (χ4n) is 1.32. The zero-order valence-corrected chi connectivity index (χ0v) is 9.38. The maximum atomic E-state index is 13.3. The molecule has 1 N–H and O–H groups in total. The number of methoxy groups -OCH3 is 1. The second-order valence-corrected chi connectivity index (χ2v) is 3.45. The predicted molar refractivity (Wildman–Crippen MR) is 55.4 cm³/mol. The van der Waals surface area contributed by atoms with Crippen LogP contribution in [0.25, 0.3) is 0 Å². The van der Waals surface area contributed by atoms with E-state index in [1.807, 2.05) is 5.32 Å². The lowest BCUT2D eigenvalue weighted by Gasteiger charge is -2.14. The number of hydrogen-bond acceptors (Lipinski definition) is 3. The fourth-order valence-corrected chi connectivity index (χ4v) is 1.32. The summed E-state index contributed by atoms with van der Waals surface area (Å²) < 4.78 is 54.0. The quantitative estimate of drug-likeness (QED) is 0.848. The minimum absolute atomic E-state index is 0.0359. The average molecular weight is 262 g/mol. The van der Waals surface area contributed by atoms with Gasteiger partial charge >= 0.3 is 6.18 Å². The van der Waals surface area contributed by atoms with E-state index in [0.717, 1.165) is 6.07 Å². The summed E-state index contributed by atoms with van der Waals surface area (Å²) in [4.78, 5) is 0. The van der Waals surface area contributed by atoms with Gasteiger partial charge in [0.15, 0.2) is 11.6 Å². The van der Waals surface area contributed by atoms with Gasteiger partial charge in [-0.2, -0.15) is 18.4 Å². The summed E-state index contributed by atoms with van der Waals surface area (Å²) in [6.45, 7) is -1.32. The van der Waals surface area contributed by atoms with Crippen molar-refractivity contribution in [3.05, 3.63) is 29.6 Å². The summed E-state index contributed by atoms with van der Waals surface area (Å²) in [6, 6.07) is 3.96. The molecule has 1 rings (SSSR count). The lowest BCUT2D eigenvalue weighted by molar-refractivity contribution is -0.125. The van der Waals surface area contributed by atoms with Crippen molar-refractivity contribution in [1.82, 2.24) is 5.32 Å². The van der Waals surface area contributed by atoms with E-state index in [-0.39, 0.29) is 11.3 Å². The molecule has 1 unspecified atom stereocenters. The highest BCUT2D eigenvalue weighted by molar-refractivity contribution is 5.33. The molecule has 0 bridgehead atoms. The highest BCUT2D eigenvalue weighted by Crippen LogP contribution is 2.22. The van der Waals surface area contributed by atoms with Gasteiger partial charge in [0.25, 0.3) is 0 Å². The molecule has 0 amide bonds. The zero-order chi connectivity index (χ0) is 13.8. The first-order valence-electron chi connectivity index (χ1n) is 4.90. The number of nitrogens with zero attached hydrogens (tertiary/aromatic N) is 1. The van der Waals surface area contributed by atoms with Crippen molar-refractivity contribution in [3.8, 4) is 11.8 Å². The van der Waals surface area contributed by atoms with E-state index in [9.17, 15) is 17.6 Å². The number of halogens is 4. The number of rotatable bonds is 4. The molecule has 0 saturated carbocycles. The van der Waals surface area contributed by atoms with E-state index >= 15 is 0 Å². The molecule has 0 aliphatic heterocycles. The van der Waals surface area contributed by atoms with Crippen LogP contribution >= 0.6 is 0 Å². The first-order valence-corrected chi connectivity index (χ1v) is 4.90. The van der Waals surface area contributed by atoms with Crippen molar-refractivity contribution < 1.29 is 22.3 Å². The molecule has 0 radical (unpaired) electrons. The number of benzene rings is 1. The Morgan fingerprint density at radius 2 is 2.11 bits per heavy atom. The average Bonchev–Trinajstić information content (AvgIpc) is 2.28. The maximum Gasteiger partial charge on any atom is 0.401 e. The Balaban J connectivity index is 2.83. The Hall–Kier alpha value is -1.81. The van der Waals surface area contributed by atoms with Gasteiger partial charge in [-0.25, -0.2) is 4.39 Å². The van der Waals surface area contributed by atoms with Crippen LogP contribution < -0.4 is 10.1 Å². The van der Waals surface area contributed by atoms with E-state index in [1.54, 1.807) is 6.07 Å². The summed E-state index contributed by atoms with van der Waals surface area (Å²) in [6.07, 6.45) is -4.43. The monoisotopic (exact) mass is 262 g/mol. The molecule has 0 aliphatic carbocycles. The van der Waals surface area contributed by atoms with Crippen LogP contribution in [0.3, 0.4) is 0 Å². The van der Waals surface area contributed by atoms with Gasteiger partial charge in [-0.3, -0.25) is 5.32 Å². The Bertz CT molecular complexity index is 453. The normalized spacial score (nSPS) is 12.9. The molecule has 0 aliphatic rings. The molecule has 0 fully saturated rings. The largest absolute Gasteiger partial charge is 0.494 e.